The van der Waals surface area contributed by atoms with Crippen molar-refractivity contribution in [3.05, 3.63) is 59.2 Å². The van der Waals surface area contributed by atoms with Crippen LogP contribution in [0.1, 0.15) is 12.7 Å². The fraction of sp³-hybridized carbons (Fsp3) is 0.312. The number of carbonyl (C=O) groups excluding carboxylic acids is 1. The van der Waals surface area contributed by atoms with Crippen LogP contribution in [0.3, 0.4) is 0 Å². The Morgan fingerprint density at radius 2 is 2.43 bits per heavy atom. The maximum absolute atomic E-state index is 11.7. The molecular formula is C16H17NO3S. The van der Waals surface area contributed by atoms with Gasteiger partial charge in [-0.2, -0.15) is 0 Å². The van der Waals surface area contributed by atoms with Crippen LogP contribution in [0.25, 0.3) is 0 Å². The van der Waals surface area contributed by atoms with E-state index >= 15 is 0 Å². The molecule has 5 heteroatoms. The maximum Gasteiger partial charge on any atom is 0.210 e. The smallest absolute Gasteiger partial charge is 0.210 e. The summed E-state index contributed by atoms with van der Waals surface area (Å²) in [5.41, 5.74) is 1.09. The van der Waals surface area contributed by atoms with E-state index in [0.29, 0.717) is 12.4 Å². The summed E-state index contributed by atoms with van der Waals surface area (Å²) in [6.07, 6.45) is 7.84. The molecule has 21 heavy (non-hydrogen) atoms. The van der Waals surface area contributed by atoms with Crippen molar-refractivity contribution in [3.8, 4) is 0 Å². The first-order chi connectivity index (χ1) is 10.2. The van der Waals surface area contributed by atoms with E-state index in [1.54, 1.807) is 6.26 Å². The summed E-state index contributed by atoms with van der Waals surface area (Å²) in [5.74, 6) is 1.51. The highest BCUT2D eigenvalue weighted by Crippen LogP contribution is 2.27. The second-order valence-corrected chi connectivity index (χ2v) is 6.23. The number of allylic oxidation sites excluding steroid dienone is 1. The molecule has 0 amide bonds. The van der Waals surface area contributed by atoms with Crippen molar-refractivity contribution in [1.29, 1.82) is 0 Å². The Morgan fingerprint density at radius 3 is 3.05 bits per heavy atom. The molecule has 1 aromatic rings. The van der Waals surface area contributed by atoms with Crippen LogP contribution in [-0.4, -0.2) is 29.1 Å². The highest BCUT2D eigenvalue weighted by molar-refractivity contribution is 8.03. The Morgan fingerprint density at radius 1 is 1.52 bits per heavy atom. The lowest BCUT2D eigenvalue weighted by molar-refractivity contribution is -0.117. The highest BCUT2D eigenvalue weighted by atomic mass is 32.2. The molecule has 1 unspecified atom stereocenters. The number of ketones is 1. The summed E-state index contributed by atoms with van der Waals surface area (Å²) in [6.45, 7) is 3.90. The van der Waals surface area contributed by atoms with Gasteiger partial charge >= 0.3 is 0 Å². The minimum atomic E-state index is -0.0142. The van der Waals surface area contributed by atoms with Crippen LogP contribution in [0.2, 0.25) is 0 Å². The zero-order chi connectivity index (χ0) is 14.7. The molecule has 0 saturated carbocycles. The van der Waals surface area contributed by atoms with Crippen molar-refractivity contribution < 1.29 is 13.9 Å². The molecule has 0 saturated heterocycles. The summed E-state index contributed by atoms with van der Waals surface area (Å²) in [6, 6.07) is 3.86. The summed E-state index contributed by atoms with van der Waals surface area (Å²) in [4.78, 5) is 13.9. The molecule has 3 heterocycles. The third-order valence-corrected chi connectivity index (χ3v) is 4.38. The fourth-order valence-electron chi connectivity index (χ4n) is 2.14. The van der Waals surface area contributed by atoms with Crippen LogP contribution in [0.4, 0.5) is 0 Å². The van der Waals surface area contributed by atoms with Gasteiger partial charge in [0.15, 0.2) is 5.76 Å². The molecule has 3 rings (SSSR count). The van der Waals surface area contributed by atoms with E-state index in [1.165, 1.54) is 11.8 Å². The molecule has 0 aromatic carbocycles. The van der Waals surface area contributed by atoms with Crippen LogP contribution < -0.4 is 0 Å². The number of carbonyl (C=O) groups is 1. The lowest BCUT2D eigenvalue weighted by atomic mass is 10.2. The van der Waals surface area contributed by atoms with Crippen LogP contribution in [0.15, 0.2) is 57.9 Å². The SMILES string of the molecule is CC1SC=C(OCC2=CCN(Cc3ccco3)C=C2)C1=O. The second-order valence-electron chi connectivity index (χ2n) is 5.02. The largest absolute Gasteiger partial charge is 0.485 e. The van der Waals surface area contributed by atoms with Gasteiger partial charge in [0, 0.05) is 18.2 Å². The number of furan rings is 1. The number of nitrogens with zero attached hydrogens (tertiary/aromatic N) is 1. The molecule has 110 valence electrons. The molecule has 1 aromatic heterocycles. The van der Waals surface area contributed by atoms with Gasteiger partial charge in [-0.25, -0.2) is 0 Å². The number of hydrogen-bond acceptors (Lipinski definition) is 5. The lowest BCUT2D eigenvalue weighted by Crippen LogP contribution is -2.20. The van der Waals surface area contributed by atoms with Crippen molar-refractivity contribution in [3.63, 3.8) is 0 Å². The number of ether oxygens (including phenoxy) is 1. The molecule has 0 spiro atoms. The summed E-state index contributed by atoms with van der Waals surface area (Å²) >= 11 is 1.51. The predicted molar refractivity (Wildman–Crippen MR) is 82.4 cm³/mol. The summed E-state index contributed by atoms with van der Waals surface area (Å²) in [7, 11) is 0. The first-order valence-corrected chi connectivity index (χ1v) is 7.83. The van der Waals surface area contributed by atoms with Gasteiger partial charge in [0.1, 0.15) is 12.4 Å². The van der Waals surface area contributed by atoms with Gasteiger partial charge in [-0.05, 0) is 30.7 Å². The molecular weight excluding hydrogens is 286 g/mol. The second kappa shape index (κ2) is 6.26. The van der Waals surface area contributed by atoms with Crippen molar-refractivity contribution in [1.82, 2.24) is 4.90 Å². The van der Waals surface area contributed by atoms with Gasteiger partial charge in [0.25, 0.3) is 0 Å². The zero-order valence-corrected chi connectivity index (χ0v) is 12.6. The Labute approximate surface area is 128 Å². The van der Waals surface area contributed by atoms with Crippen molar-refractivity contribution >= 4 is 17.5 Å². The van der Waals surface area contributed by atoms with Gasteiger partial charge < -0.3 is 14.1 Å². The van der Waals surface area contributed by atoms with E-state index in [1.807, 2.05) is 36.7 Å². The topological polar surface area (TPSA) is 42.7 Å². The Kier molecular flexibility index (Phi) is 4.20. The quantitative estimate of drug-likeness (QED) is 0.836. The Balaban J connectivity index is 1.47. The van der Waals surface area contributed by atoms with Crippen molar-refractivity contribution in [2.75, 3.05) is 13.2 Å². The molecule has 1 atom stereocenters. The highest BCUT2D eigenvalue weighted by Gasteiger charge is 2.25. The standard InChI is InChI=1S/C16H17NO3S/c1-12-16(18)15(11-21-12)20-10-13-4-6-17(7-5-13)9-14-3-2-8-19-14/h2-6,8,11-12H,7,9-10H2,1H3. The average Bonchev–Trinajstić information content (AvgIpc) is 3.11. The predicted octanol–water partition coefficient (Wildman–Crippen LogP) is 3.10. The van der Waals surface area contributed by atoms with Gasteiger partial charge in [-0.3, -0.25) is 4.79 Å². The Hall–Kier alpha value is -1.88. The molecule has 0 N–H and O–H groups in total. The monoisotopic (exact) mass is 303 g/mol. The maximum atomic E-state index is 11.7. The van der Waals surface area contributed by atoms with Crippen LogP contribution in [0.5, 0.6) is 0 Å². The van der Waals surface area contributed by atoms with E-state index in [0.717, 1.165) is 24.4 Å². The van der Waals surface area contributed by atoms with Crippen LogP contribution >= 0.6 is 11.8 Å². The third kappa shape index (κ3) is 3.42. The van der Waals surface area contributed by atoms with E-state index < -0.39 is 0 Å². The molecule has 2 aliphatic rings. The Bertz CT molecular complexity index is 601. The van der Waals surface area contributed by atoms with E-state index in [9.17, 15) is 4.79 Å². The van der Waals surface area contributed by atoms with Gasteiger partial charge in [-0.1, -0.05) is 6.08 Å². The van der Waals surface area contributed by atoms with E-state index in [-0.39, 0.29) is 11.0 Å². The number of rotatable bonds is 5. The minimum absolute atomic E-state index is 0.0142. The first-order valence-electron chi connectivity index (χ1n) is 6.88. The molecule has 0 fully saturated rings. The molecule has 4 nitrogen and oxygen atoms in total. The number of hydrogen-bond donors (Lipinski definition) is 0. The van der Waals surface area contributed by atoms with E-state index in [4.69, 9.17) is 9.15 Å². The van der Waals surface area contributed by atoms with Gasteiger partial charge in [0.2, 0.25) is 5.78 Å². The fourth-order valence-corrected chi connectivity index (χ4v) is 2.89. The third-order valence-electron chi connectivity index (χ3n) is 3.41. The van der Waals surface area contributed by atoms with Gasteiger partial charge in [-0.15, -0.1) is 11.8 Å². The molecule has 0 bridgehead atoms. The van der Waals surface area contributed by atoms with Crippen molar-refractivity contribution in [2.45, 2.75) is 18.7 Å². The first kappa shape index (κ1) is 14.1. The lowest BCUT2D eigenvalue weighted by Gasteiger charge is -2.21. The summed E-state index contributed by atoms with van der Waals surface area (Å²) in [5, 5.41) is 1.79. The average molecular weight is 303 g/mol. The normalized spacial score (nSPS) is 21.5. The zero-order valence-electron chi connectivity index (χ0n) is 11.8. The van der Waals surface area contributed by atoms with Crippen LogP contribution in [-0.2, 0) is 16.1 Å². The molecule has 2 aliphatic heterocycles. The number of Topliss-reactive ketones (excluding diaryl/α,β-unsaturated/α-hetero) is 1. The molecule has 0 radical (unpaired) electrons. The summed E-state index contributed by atoms with van der Waals surface area (Å²) < 4.78 is 10.9. The van der Waals surface area contributed by atoms with Crippen molar-refractivity contribution in [2.24, 2.45) is 0 Å². The molecule has 0 aliphatic carbocycles. The van der Waals surface area contributed by atoms with E-state index in [2.05, 4.69) is 11.0 Å². The van der Waals surface area contributed by atoms with Crippen LogP contribution in [0, 0.1) is 0 Å². The van der Waals surface area contributed by atoms with Gasteiger partial charge in [0.05, 0.1) is 18.1 Å². The minimum Gasteiger partial charge on any atom is -0.485 e. The number of thioether (sulfide) groups is 1.